The number of aliphatic hydroxyl groups is 1. The third-order valence-electron chi connectivity index (χ3n) is 2.38. The van der Waals surface area contributed by atoms with Gasteiger partial charge in [-0.15, -0.1) is 0 Å². The fraction of sp³-hybridized carbons (Fsp3) is 0.727. The molecular formula is C11H20N2O2. The van der Waals surface area contributed by atoms with Gasteiger partial charge in [-0.3, -0.25) is 0 Å². The maximum absolute atomic E-state index is 8.63. The third-order valence-corrected chi connectivity index (χ3v) is 2.38. The van der Waals surface area contributed by atoms with Crippen molar-refractivity contribution in [3.8, 4) is 0 Å². The molecule has 0 aromatic carbocycles. The van der Waals surface area contributed by atoms with E-state index in [2.05, 4.69) is 17.3 Å². The van der Waals surface area contributed by atoms with Crippen LogP contribution in [0.2, 0.25) is 0 Å². The summed E-state index contributed by atoms with van der Waals surface area (Å²) < 4.78 is 0. The Morgan fingerprint density at radius 2 is 2.33 bits per heavy atom. The van der Waals surface area contributed by atoms with Crippen LogP contribution in [0.1, 0.15) is 38.5 Å². The van der Waals surface area contributed by atoms with Crippen molar-refractivity contribution in [1.29, 1.82) is 0 Å². The van der Waals surface area contributed by atoms with Crippen molar-refractivity contribution >= 4 is 5.84 Å². The Morgan fingerprint density at radius 3 is 3.13 bits per heavy atom. The Hall–Kier alpha value is -1.03. The van der Waals surface area contributed by atoms with E-state index in [0.29, 0.717) is 12.3 Å². The lowest BCUT2D eigenvalue weighted by Crippen LogP contribution is -2.16. The first-order valence-corrected chi connectivity index (χ1v) is 5.58. The number of amidine groups is 1. The molecule has 0 aromatic rings. The summed E-state index contributed by atoms with van der Waals surface area (Å²) in [4.78, 5) is 5.30. The molecule has 0 radical (unpaired) electrons. The quantitative estimate of drug-likeness (QED) is 0.321. The molecule has 15 heavy (non-hydrogen) atoms. The van der Waals surface area contributed by atoms with E-state index in [-0.39, 0.29) is 12.7 Å². The zero-order valence-corrected chi connectivity index (χ0v) is 9.06. The Labute approximate surface area is 90.8 Å². The molecule has 4 heteroatoms. The van der Waals surface area contributed by atoms with Crippen LogP contribution in [0.25, 0.3) is 0 Å². The molecule has 1 atom stereocenters. The molecule has 1 unspecified atom stereocenters. The Morgan fingerprint density at radius 1 is 1.47 bits per heavy atom. The average molecular weight is 212 g/mol. The van der Waals surface area contributed by atoms with Crippen molar-refractivity contribution in [2.24, 2.45) is 10.9 Å². The van der Waals surface area contributed by atoms with Gasteiger partial charge >= 0.3 is 0 Å². The Kier molecular flexibility index (Phi) is 5.85. The van der Waals surface area contributed by atoms with Gasteiger partial charge in [-0.05, 0) is 31.8 Å². The Balaban J connectivity index is 2.34. The van der Waals surface area contributed by atoms with Crippen LogP contribution in [0.5, 0.6) is 0 Å². The number of nitrogens with zero attached hydrogens (tertiary/aromatic N) is 1. The lowest BCUT2D eigenvalue weighted by atomic mass is 10.0. The van der Waals surface area contributed by atoms with Gasteiger partial charge in [0.05, 0.1) is 6.61 Å². The highest BCUT2D eigenvalue weighted by molar-refractivity contribution is 5.79. The van der Waals surface area contributed by atoms with Crippen molar-refractivity contribution in [2.45, 2.75) is 44.6 Å². The topological polar surface area (TPSA) is 67.8 Å². The maximum Gasteiger partial charge on any atom is 0.145 e. The molecule has 0 fully saturated rings. The second-order valence-electron chi connectivity index (χ2n) is 3.77. The van der Waals surface area contributed by atoms with Crippen LogP contribution in [0, 0.1) is 0 Å². The summed E-state index contributed by atoms with van der Waals surface area (Å²) in [5.41, 5.74) is 5.51. The van der Waals surface area contributed by atoms with E-state index in [4.69, 9.17) is 15.7 Å². The van der Waals surface area contributed by atoms with Crippen LogP contribution in [0.4, 0.5) is 0 Å². The smallest absolute Gasteiger partial charge is 0.145 e. The van der Waals surface area contributed by atoms with Crippen LogP contribution in [0.3, 0.4) is 0 Å². The molecule has 0 amide bonds. The number of nitrogens with two attached hydrogens (primary N) is 1. The van der Waals surface area contributed by atoms with E-state index >= 15 is 0 Å². The van der Waals surface area contributed by atoms with E-state index in [9.17, 15) is 0 Å². The molecule has 0 aromatic heterocycles. The summed E-state index contributed by atoms with van der Waals surface area (Å²) in [6, 6.07) is 0. The monoisotopic (exact) mass is 212 g/mol. The summed E-state index contributed by atoms with van der Waals surface area (Å²) in [6.07, 6.45) is 10.4. The SMILES string of the molecule is NC(CCO)=NOC1C=CCCCCC1. The fourth-order valence-corrected chi connectivity index (χ4v) is 1.51. The van der Waals surface area contributed by atoms with Gasteiger partial charge in [0.15, 0.2) is 0 Å². The zero-order valence-electron chi connectivity index (χ0n) is 9.06. The normalized spacial score (nSPS) is 23.3. The minimum atomic E-state index is 0.0131. The molecule has 4 nitrogen and oxygen atoms in total. The number of oxime groups is 1. The van der Waals surface area contributed by atoms with Gasteiger partial charge in [-0.25, -0.2) is 0 Å². The number of aliphatic hydroxyl groups excluding tert-OH is 1. The maximum atomic E-state index is 8.63. The fourth-order valence-electron chi connectivity index (χ4n) is 1.51. The summed E-state index contributed by atoms with van der Waals surface area (Å²) in [5, 5.41) is 12.4. The van der Waals surface area contributed by atoms with Crippen LogP contribution in [-0.2, 0) is 4.84 Å². The summed E-state index contributed by atoms with van der Waals surface area (Å²) in [5.74, 6) is 0.355. The number of allylic oxidation sites excluding steroid dienone is 1. The van der Waals surface area contributed by atoms with Gasteiger partial charge in [0.2, 0.25) is 0 Å². The molecule has 0 saturated carbocycles. The first kappa shape index (κ1) is 12.0. The minimum Gasteiger partial charge on any atom is -0.396 e. The molecule has 0 aliphatic heterocycles. The lowest BCUT2D eigenvalue weighted by molar-refractivity contribution is 0.0823. The highest BCUT2D eigenvalue weighted by atomic mass is 16.6. The predicted octanol–water partition coefficient (Wildman–Crippen LogP) is 1.55. The predicted molar refractivity (Wildman–Crippen MR) is 60.4 cm³/mol. The van der Waals surface area contributed by atoms with Crippen LogP contribution < -0.4 is 5.73 Å². The van der Waals surface area contributed by atoms with E-state index in [1.54, 1.807) is 0 Å². The van der Waals surface area contributed by atoms with E-state index in [1.807, 2.05) is 0 Å². The summed E-state index contributed by atoms with van der Waals surface area (Å²) in [7, 11) is 0. The lowest BCUT2D eigenvalue weighted by Gasteiger charge is -2.13. The summed E-state index contributed by atoms with van der Waals surface area (Å²) >= 11 is 0. The first-order valence-electron chi connectivity index (χ1n) is 5.58. The zero-order chi connectivity index (χ0) is 10.9. The molecular weight excluding hydrogens is 192 g/mol. The highest BCUT2D eigenvalue weighted by Crippen LogP contribution is 2.14. The molecule has 0 spiro atoms. The molecule has 1 aliphatic carbocycles. The van der Waals surface area contributed by atoms with E-state index in [1.165, 1.54) is 19.3 Å². The molecule has 1 aliphatic rings. The van der Waals surface area contributed by atoms with Crippen molar-refractivity contribution in [2.75, 3.05) is 6.61 Å². The van der Waals surface area contributed by atoms with Gasteiger partial charge in [0.1, 0.15) is 11.9 Å². The molecule has 3 N–H and O–H groups in total. The third kappa shape index (κ3) is 5.42. The number of rotatable bonds is 4. The first-order chi connectivity index (χ1) is 7.33. The van der Waals surface area contributed by atoms with Crippen LogP contribution in [-0.4, -0.2) is 23.7 Å². The standard InChI is InChI=1S/C11H20N2O2/c12-11(8-9-14)13-15-10-6-4-2-1-3-5-7-10/h4,6,10,14H,1-3,5,7-9H2,(H2,12,13). The van der Waals surface area contributed by atoms with Crippen molar-refractivity contribution < 1.29 is 9.94 Å². The highest BCUT2D eigenvalue weighted by Gasteiger charge is 2.07. The molecule has 1 rings (SSSR count). The summed E-state index contributed by atoms with van der Waals surface area (Å²) in [6.45, 7) is 0.0131. The van der Waals surface area contributed by atoms with E-state index < -0.39 is 0 Å². The second-order valence-corrected chi connectivity index (χ2v) is 3.77. The average Bonchev–Trinajstić information content (AvgIpc) is 2.16. The van der Waals surface area contributed by atoms with Gasteiger partial charge < -0.3 is 15.7 Å². The van der Waals surface area contributed by atoms with Gasteiger partial charge in [0, 0.05) is 6.42 Å². The van der Waals surface area contributed by atoms with Crippen molar-refractivity contribution in [1.82, 2.24) is 0 Å². The molecule has 0 bridgehead atoms. The van der Waals surface area contributed by atoms with Gasteiger partial charge in [0.25, 0.3) is 0 Å². The van der Waals surface area contributed by atoms with Crippen LogP contribution >= 0.6 is 0 Å². The van der Waals surface area contributed by atoms with Gasteiger partial charge in [-0.2, -0.15) is 0 Å². The van der Waals surface area contributed by atoms with E-state index in [0.717, 1.165) is 12.8 Å². The van der Waals surface area contributed by atoms with Crippen LogP contribution in [0.15, 0.2) is 17.3 Å². The Bertz CT molecular complexity index is 227. The molecule has 0 saturated heterocycles. The second kappa shape index (κ2) is 7.29. The minimum absolute atomic E-state index is 0.0131. The largest absolute Gasteiger partial charge is 0.396 e. The molecule has 0 heterocycles. The number of hydrogen-bond acceptors (Lipinski definition) is 3. The molecule has 86 valence electrons. The number of hydrogen-bond donors (Lipinski definition) is 2. The van der Waals surface area contributed by atoms with Crippen molar-refractivity contribution in [3.05, 3.63) is 12.2 Å². The van der Waals surface area contributed by atoms with Crippen molar-refractivity contribution in [3.63, 3.8) is 0 Å². The van der Waals surface area contributed by atoms with Gasteiger partial charge in [-0.1, -0.05) is 17.7 Å².